The standard InChI is InChI=1S/C23H36N6/c1-19-14-20(2)17-28(16-19)18-22-8-6-21(7-9-22)15-26-23(24-3)25-10-4-12-29-13-5-11-27-29/h5-9,11,13,19-20H,4,10,12,14-18H2,1-3H3,(H2,24,25,26). The number of likely N-dealkylation sites (tertiary alicyclic amines) is 1. The molecule has 1 fully saturated rings. The summed E-state index contributed by atoms with van der Waals surface area (Å²) in [5.74, 6) is 2.45. The molecule has 29 heavy (non-hydrogen) atoms. The molecule has 2 aromatic rings. The Kier molecular flexibility index (Phi) is 8.11. The van der Waals surface area contributed by atoms with Crippen molar-refractivity contribution in [1.82, 2.24) is 25.3 Å². The maximum atomic E-state index is 4.31. The van der Waals surface area contributed by atoms with Crippen LogP contribution in [-0.2, 0) is 19.6 Å². The summed E-state index contributed by atoms with van der Waals surface area (Å²) in [5, 5.41) is 11.0. The molecule has 1 aromatic carbocycles. The number of piperidine rings is 1. The molecule has 0 bridgehead atoms. The van der Waals surface area contributed by atoms with Crippen molar-refractivity contribution >= 4 is 5.96 Å². The number of aryl methyl sites for hydroxylation is 1. The lowest BCUT2D eigenvalue weighted by atomic mass is 9.91. The Hall–Kier alpha value is -2.34. The lowest BCUT2D eigenvalue weighted by molar-refractivity contribution is 0.134. The summed E-state index contributed by atoms with van der Waals surface area (Å²) in [6.07, 6.45) is 6.17. The summed E-state index contributed by atoms with van der Waals surface area (Å²) < 4.78 is 1.95. The first-order chi connectivity index (χ1) is 14.1. The third-order valence-corrected chi connectivity index (χ3v) is 5.47. The Morgan fingerprint density at radius 3 is 2.48 bits per heavy atom. The van der Waals surface area contributed by atoms with E-state index in [2.05, 4.69) is 63.7 Å². The Labute approximate surface area is 175 Å². The molecule has 2 atom stereocenters. The number of guanidine groups is 1. The minimum atomic E-state index is 0.775. The second kappa shape index (κ2) is 11.0. The Bertz CT molecular complexity index is 727. The second-order valence-corrected chi connectivity index (χ2v) is 8.43. The second-order valence-electron chi connectivity index (χ2n) is 8.43. The van der Waals surface area contributed by atoms with Gasteiger partial charge in [0.25, 0.3) is 0 Å². The minimum absolute atomic E-state index is 0.775. The van der Waals surface area contributed by atoms with Crippen LogP contribution in [0.4, 0.5) is 0 Å². The van der Waals surface area contributed by atoms with Crippen molar-refractivity contribution in [3.8, 4) is 0 Å². The van der Waals surface area contributed by atoms with Crippen LogP contribution in [0.15, 0.2) is 47.7 Å². The van der Waals surface area contributed by atoms with E-state index in [1.807, 2.05) is 30.2 Å². The van der Waals surface area contributed by atoms with Crippen LogP contribution in [0.2, 0.25) is 0 Å². The first-order valence-electron chi connectivity index (χ1n) is 10.8. The van der Waals surface area contributed by atoms with Crippen LogP contribution in [0.25, 0.3) is 0 Å². The first-order valence-corrected chi connectivity index (χ1v) is 10.8. The van der Waals surface area contributed by atoms with Gasteiger partial charge in [-0.25, -0.2) is 0 Å². The van der Waals surface area contributed by atoms with Gasteiger partial charge in [-0.15, -0.1) is 0 Å². The molecule has 1 aliphatic rings. The highest BCUT2D eigenvalue weighted by molar-refractivity contribution is 5.79. The fraction of sp³-hybridized carbons (Fsp3) is 0.565. The van der Waals surface area contributed by atoms with Crippen LogP contribution in [0, 0.1) is 11.8 Å². The fourth-order valence-electron chi connectivity index (χ4n) is 4.23. The van der Waals surface area contributed by atoms with Crippen molar-refractivity contribution in [3.05, 3.63) is 53.9 Å². The molecule has 0 saturated carbocycles. The van der Waals surface area contributed by atoms with Gasteiger partial charge in [0.15, 0.2) is 5.96 Å². The highest BCUT2D eigenvalue weighted by Gasteiger charge is 2.21. The third-order valence-electron chi connectivity index (χ3n) is 5.47. The smallest absolute Gasteiger partial charge is 0.191 e. The van der Waals surface area contributed by atoms with Gasteiger partial charge in [-0.1, -0.05) is 38.1 Å². The van der Waals surface area contributed by atoms with E-state index in [-0.39, 0.29) is 0 Å². The quantitative estimate of drug-likeness (QED) is 0.409. The van der Waals surface area contributed by atoms with Crippen molar-refractivity contribution in [2.24, 2.45) is 16.8 Å². The molecule has 6 heteroatoms. The highest BCUT2D eigenvalue weighted by atomic mass is 15.3. The summed E-state index contributed by atoms with van der Waals surface area (Å²) >= 11 is 0. The van der Waals surface area contributed by atoms with E-state index in [0.717, 1.165) is 50.4 Å². The van der Waals surface area contributed by atoms with E-state index >= 15 is 0 Å². The monoisotopic (exact) mass is 396 g/mol. The summed E-state index contributed by atoms with van der Waals surface area (Å²) in [5.41, 5.74) is 2.67. The van der Waals surface area contributed by atoms with Crippen LogP contribution >= 0.6 is 0 Å². The summed E-state index contributed by atoms with van der Waals surface area (Å²) in [7, 11) is 1.81. The Balaban J connectivity index is 1.38. The zero-order valence-corrected chi connectivity index (χ0v) is 18.1. The van der Waals surface area contributed by atoms with Crippen LogP contribution < -0.4 is 10.6 Å². The van der Waals surface area contributed by atoms with Gasteiger partial charge in [-0.3, -0.25) is 14.6 Å². The predicted molar refractivity (Wildman–Crippen MR) is 120 cm³/mol. The van der Waals surface area contributed by atoms with Crippen LogP contribution in [0.3, 0.4) is 0 Å². The molecule has 1 saturated heterocycles. The number of hydrogen-bond acceptors (Lipinski definition) is 3. The van der Waals surface area contributed by atoms with E-state index in [0.29, 0.717) is 0 Å². The zero-order chi connectivity index (χ0) is 20.5. The lowest BCUT2D eigenvalue weighted by Crippen LogP contribution is -2.38. The fourth-order valence-corrected chi connectivity index (χ4v) is 4.23. The van der Waals surface area contributed by atoms with Crippen molar-refractivity contribution in [3.63, 3.8) is 0 Å². The molecule has 2 heterocycles. The van der Waals surface area contributed by atoms with E-state index < -0.39 is 0 Å². The number of aromatic nitrogens is 2. The van der Waals surface area contributed by atoms with E-state index in [1.165, 1.54) is 30.6 Å². The zero-order valence-electron chi connectivity index (χ0n) is 18.1. The largest absolute Gasteiger partial charge is 0.356 e. The Morgan fingerprint density at radius 1 is 1.10 bits per heavy atom. The molecule has 1 aliphatic heterocycles. The lowest BCUT2D eigenvalue weighted by Gasteiger charge is -2.35. The summed E-state index contributed by atoms with van der Waals surface area (Å²) in [4.78, 5) is 6.91. The average molecular weight is 397 g/mol. The molecular weight excluding hydrogens is 360 g/mol. The topological polar surface area (TPSA) is 57.5 Å². The molecule has 6 nitrogen and oxygen atoms in total. The molecule has 0 radical (unpaired) electrons. The van der Waals surface area contributed by atoms with E-state index in [4.69, 9.17) is 0 Å². The van der Waals surface area contributed by atoms with Crippen LogP contribution in [0.5, 0.6) is 0 Å². The summed E-state index contributed by atoms with van der Waals surface area (Å²) in [6.45, 7) is 10.8. The van der Waals surface area contributed by atoms with Gasteiger partial charge in [0.05, 0.1) is 0 Å². The normalized spacial score (nSPS) is 20.6. The van der Waals surface area contributed by atoms with Crippen LogP contribution in [0.1, 0.15) is 37.8 Å². The number of benzene rings is 1. The molecule has 158 valence electrons. The van der Waals surface area contributed by atoms with Crippen molar-refractivity contribution in [1.29, 1.82) is 0 Å². The molecular formula is C23H36N6. The molecule has 1 aromatic heterocycles. The first kappa shape index (κ1) is 21.4. The SMILES string of the molecule is CN=C(NCCCn1cccn1)NCc1ccc(CN2CC(C)CC(C)C2)cc1. The molecule has 0 amide bonds. The molecule has 2 N–H and O–H groups in total. The minimum Gasteiger partial charge on any atom is -0.356 e. The number of rotatable bonds is 8. The van der Waals surface area contributed by atoms with Crippen molar-refractivity contribution in [2.75, 3.05) is 26.7 Å². The van der Waals surface area contributed by atoms with E-state index in [1.54, 1.807) is 0 Å². The molecule has 2 unspecified atom stereocenters. The number of aliphatic imine (C=N–C) groups is 1. The maximum Gasteiger partial charge on any atom is 0.191 e. The third kappa shape index (κ3) is 7.20. The average Bonchev–Trinajstić information content (AvgIpc) is 3.21. The maximum absolute atomic E-state index is 4.31. The van der Waals surface area contributed by atoms with Gasteiger partial charge in [0.2, 0.25) is 0 Å². The summed E-state index contributed by atoms with van der Waals surface area (Å²) in [6, 6.07) is 10.9. The van der Waals surface area contributed by atoms with Crippen molar-refractivity contribution < 1.29 is 0 Å². The van der Waals surface area contributed by atoms with Crippen molar-refractivity contribution in [2.45, 2.75) is 46.3 Å². The van der Waals surface area contributed by atoms with Gasteiger partial charge in [-0.2, -0.15) is 5.10 Å². The molecule has 0 aliphatic carbocycles. The Morgan fingerprint density at radius 2 is 1.83 bits per heavy atom. The van der Waals surface area contributed by atoms with Gasteiger partial charge < -0.3 is 10.6 Å². The molecule has 3 rings (SSSR count). The predicted octanol–water partition coefficient (Wildman–Crippen LogP) is 3.12. The number of nitrogens with one attached hydrogen (secondary N) is 2. The molecule has 0 spiro atoms. The van der Waals surface area contributed by atoms with E-state index in [9.17, 15) is 0 Å². The highest BCUT2D eigenvalue weighted by Crippen LogP contribution is 2.22. The number of hydrogen-bond donors (Lipinski definition) is 2. The van der Waals surface area contributed by atoms with Gasteiger partial charge in [0.1, 0.15) is 0 Å². The van der Waals surface area contributed by atoms with Gasteiger partial charge in [-0.05, 0) is 41.9 Å². The number of nitrogens with zero attached hydrogens (tertiary/aromatic N) is 4. The van der Waals surface area contributed by atoms with Gasteiger partial charge in [0, 0.05) is 58.7 Å². The van der Waals surface area contributed by atoms with Crippen LogP contribution in [-0.4, -0.2) is 47.3 Å². The van der Waals surface area contributed by atoms with Gasteiger partial charge >= 0.3 is 0 Å².